The van der Waals surface area contributed by atoms with Crippen molar-refractivity contribution in [3.05, 3.63) is 78.4 Å². The summed E-state index contributed by atoms with van der Waals surface area (Å²) in [7, 11) is 0. The molecule has 0 atom stereocenters. The maximum atomic E-state index is 12.7. The quantitative estimate of drug-likeness (QED) is 0.745. The molecule has 3 aromatic rings. The first-order valence-corrected chi connectivity index (χ1v) is 9.00. The van der Waals surface area contributed by atoms with E-state index in [4.69, 9.17) is 0 Å². The van der Waals surface area contributed by atoms with Gasteiger partial charge < -0.3 is 15.2 Å². The van der Waals surface area contributed by atoms with Gasteiger partial charge in [-0.3, -0.25) is 4.79 Å². The second-order valence-corrected chi connectivity index (χ2v) is 6.61. The summed E-state index contributed by atoms with van der Waals surface area (Å²) in [6.45, 7) is 1.54. The van der Waals surface area contributed by atoms with E-state index in [0.717, 1.165) is 48.7 Å². The minimum Gasteiger partial charge on any atom is -0.356 e. The molecule has 2 heterocycles. The number of nitrogens with zero attached hydrogens (tertiary/aromatic N) is 2. The van der Waals surface area contributed by atoms with Gasteiger partial charge in [0.1, 0.15) is 5.82 Å². The monoisotopic (exact) mass is 346 g/mol. The molecule has 5 heteroatoms. The molecule has 0 spiro atoms. The van der Waals surface area contributed by atoms with E-state index in [9.17, 15) is 4.79 Å². The van der Waals surface area contributed by atoms with Crippen LogP contribution >= 0.6 is 0 Å². The summed E-state index contributed by atoms with van der Waals surface area (Å²) in [5, 5.41) is 3.34. The van der Waals surface area contributed by atoms with Crippen molar-refractivity contribution in [2.45, 2.75) is 18.8 Å². The van der Waals surface area contributed by atoms with E-state index in [1.807, 2.05) is 65.7 Å². The summed E-state index contributed by atoms with van der Waals surface area (Å²) >= 11 is 0. The highest BCUT2D eigenvalue weighted by Crippen LogP contribution is 2.26. The number of hydrogen-bond acceptors (Lipinski definition) is 3. The molecular formula is C21H22N4O. The van der Waals surface area contributed by atoms with Crippen LogP contribution in [0.3, 0.4) is 0 Å². The average molecular weight is 346 g/mol. The molecule has 1 aliphatic rings. The topological polar surface area (TPSA) is 61.0 Å². The minimum atomic E-state index is 0.106. The van der Waals surface area contributed by atoms with Gasteiger partial charge in [-0.25, -0.2) is 4.98 Å². The predicted molar refractivity (Wildman–Crippen MR) is 103 cm³/mol. The van der Waals surface area contributed by atoms with Crippen LogP contribution in [0.5, 0.6) is 0 Å². The third-order valence-electron chi connectivity index (χ3n) is 4.88. The molecule has 0 aliphatic carbocycles. The number of aromatic nitrogens is 2. The summed E-state index contributed by atoms with van der Waals surface area (Å²) in [6.07, 6.45) is 5.55. The standard InChI is InChI=1S/C21H22N4O/c26-21(25-14-10-16(11-15-25)20-22-12-13-23-20)17-6-8-19(9-7-17)24-18-4-2-1-3-5-18/h1-9,12-13,16,24H,10-11,14-15H2,(H,22,23). The third-order valence-corrected chi connectivity index (χ3v) is 4.88. The number of likely N-dealkylation sites (tertiary alicyclic amines) is 1. The zero-order valence-corrected chi connectivity index (χ0v) is 14.6. The maximum Gasteiger partial charge on any atom is 0.253 e. The van der Waals surface area contributed by atoms with Crippen LogP contribution in [-0.2, 0) is 0 Å². The van der Waals surface area contributed by atoms with Gasteiger partial charge in [0, 0.05) is 48.3 Å². The van der Waals surface area contributed by atoms with E-state index in [-0.39, 0.29) is 5.91 Å². The van der Waals surface area contributed by atoms with Crippen molar-refractivity contribution in [3.8, 4) is 0 Å². The Labute approximate surface area is 153 Å². The number of piperidine rings is 1. The van der Waals surface area contributed by atoms with Crippen LogP contribution in [0.25, 0.3) is 0 Å². The van der Waals surface area contributed by atoms with Crippen LogP contribution in [0.1, 0.15) is 34.9 Å². The van der Waals surface area contributed by atoms with E-state index in [1.54, 1.807) is 6.20 Å². The average Bonchev–Trinajstić information content (AvgIpc) is 3.24. The van der Waals surface area contributed by atoms with E-state index in [1.165, 1.54) is 0 Å². The molecule has 0 bridgehead atoms. The van der Waals surface area contributed by atoms with Gasteiger partial charge in [-0.2, -0.15) is 0 Å². The van der Waals surface area contributed by atoms with E-state index in [0.29, 0.717) is 5.92 Å². The lowest BCUT2D eigenvalue weighted by molar-refractivity contribution is 0.0711. The molecule has 26 heavy (non-hydrogen) atoms. The molecule has 0 radical (unpaired) electrons. The number of hydrogen-bond donors (Lipinski definition) is 2. The Morgan fingerprint density at radius 1 is 1.00 bits per heavy atom. The first-order valence-electron chi connectivity index (χ1n) is 9.00. The van der Waals surface area contributed by atoms with Crippen LogP contribution in [0.2, 0.25) is 0 Å². The molecule has 0 saturated carbocycles. The van der Waals surface area contributed by atoms with Gasteiger partial charge in [-0.1, -0.05) is 18.2 Å². The second-order valence-electron chi connectivity index (χ2n) is 6.61. The van der Waals surface area contributed by atoms with Crippen LogP contribution in [0, 0.1) is 0 Å². The number of H-pyrrole nitrogens is 1. The molecule has 4 rings (SSSR count). The first-order chi connectivity index (χ1) is 12.8. The summed E-state index contributed by atoms with van der Waals surface area (Å²) in [4.78, 5) is 22.2. The van der Waals surface area contributed by atoms with Crippen LogP contribution in [0.15, 0.2) is 67.0 Å². The summed E-state index contributed by atoms with van der Waals surface area (Å²) in [5.74, 6) is 1.56. The van der Waals surface area contributed by atoms with E-state index >= 15 is 0 Å². The smallest absolute Gasteiger partial charge is 0.253 e. The van der Waals surface area contributed by atoms with Crippen molar-refractivity contribution in [2.24, 2.45) is 0 Å². The number of carbonyl (C=O) groups is 1. The van der Waals surface area contributed by atoms with E-state index in [2.05, 4.69) is 15.3 Å². The number of rotatable bonds is 4. The molecule has 0 unspecified atom stereocenters. The van der Waals surface area contributed by atoms with Crippen molar-refractivity contribution in [1.82, 2.24) is 14.9 Å². The number of carbonyl (C=O) groups excluding carboxylic acids is 1. The number of benzene rings is 2. The fourth-order valence-corrected chi connectivity index (χ4v) is 3.42. The summed E-state index contributed by atoms with van der Waals surface area (Å²) in [6, 6.07) is 17.7. The van der Waals surface area contributed by atoms with Gasteiger partial charge in [0.05, 0.1) is 0 Å². The van der Waals surface area contributed by atoms with Gasteiger partial charge in [0.2, 0.25) is 0 Å². The Morgan fingerprint density at radius 3 is 2.35 bits per heavy atom. The number of amides is 1. The third kappa shape index (κ3) is 3.61. The number of imidazole rings is 1. The van der Waals surface area contributed by atoms with Crippen LogP contribution in [-0.4, -0.2) is 33.9 Å². The van der Waals surface area contributed by atoms with E-state index < -0.39 is 0 Å². The Morgan fingerprint density at radius 2 is 1.69 bits per heavy atom. The molecule has 132 valence electrons. The van der Waals surface area contributed by atoms with Crippen LogP contribution < -0.4 is 5.32 Å². The van der Waals surface area contributed by atoms with Crippen molar-refractivity contribution < 1.29 is 4.79 Å². The molecule has 1 amide bonds. The van der Waals surface area contributed by atoms with Gasteiger partial charge in [0.25, 0.3) is 5.91 Å². The molecule has 1 aromatic heterocycles. The highest BCUT2D eigenvalue weighted by molar-refractivity contribution is 5.94. The van der Waals surface area contributed by atoms with Gasteiger partial charge in [0.15, 0.2) is 0 Å². The lowest BCUT2D eigenvalue weighted by Crippen LogP contribution is -2.38. The van der Waals surface area contributed by atoms with Crippen molar-refractivity contribution >= 4 is 17.3 Å². The molecule has 1 aliphatic heterocycles. The van der Waals surface area contributed by atoms with Crippen molar-refractivity contribution in [3.63, 3.8) is 0 Å². The Balaban J connectivity index is 1.36. The number of aromatic amines is 1. The molecular weight excluding hydrogens is 324 g/mol. The zero-order chi connectivity index (χ0) is 17.8. The lowest BCUT2D eigenvalue weighted by Gasteiger charge is -2.31. The fraction of sp³-hybridized carbons (Fsp3) is 0.238. The second kappa shape index (κ2) is 7.44. The maximum absolute atomic E-state index is 12.7. The fourth-order valence-electron chi connectivity index (χ4n) is 3.42. The van der Waals surface area contributed by atoms with Gasteiger partial charge in [-0.15, -0.1) is 0 Å². The zero-order valence-electron chi connectivity index (χ0n) is 14.6. The number of para-hydroxylation sites is 1. The first kappa shape index (κ1) is 16.4. The molecule has 5 nitrogen and oxygen atoms in total. The largest absolute Gasteiger partial charge is 0.356 e. The Hall–Kier alpha value is -3.08. The van der Waals surface area contributed by atoms with Gasteiger partial charge in [-0.05, 0) is 49.2 Å². The van der Waals surface area contributed by atoms with Crippen molar-refractivity contribution in [2.75, 3.05) is 18.4 Å². The minimum absolute atomic E-state index is 0.106. The lowest BCUT2D eigenvalue weighted by atomic mass is 9.95. The molecule has 1 fully saturated rings. The highest BCUT2D eigenvalue weighted by Gasteiger charge is 2.25. The summed E-state index contributed by atoms with van der Waals surface area (Å²) < 4.78 is 0. The summed E-state index contributed by atoms with van der Waals surface area (Å²) in [5.41, 5.74) is 2.75. The van der Waals surface area contributed by atoms with Crippen LogP contribution in [0.4, 0.5) is 11.4 Å². The molecule has 2 aromatic carbocycles. The highest BCUT2D eigenvalue weighted by atomic mass is 16.2. The predicted octanol–water partition coefficient (Wildman–Crippen LogP) is 4.17. The SMILES string of the molecule is O=C(c1ccc(Nc2ccccc2)cc1)N1CCC(c2ncc[nH]2)CC1. The Kier molecular flexibility index (Phi) is 4.69. The Bertz CT molecular complexity index is 835. The molecule has 1 saturated heterocycles. The number of nitrogens with one attached hydrogen (secondary N) is 2. The van der Waals surface area contributed by atoms with Gasteiger partial charge >= 0.3 is 0 Å². The number of anilines is 2. The molecule has 2 N–H and O–H groups in total. The normalized spacial score (nSPS) is 15.0. The van der Waals surface area contributed by atoms with Crippen molar-refractivity contribution in [1.29, 1.82) is 0 Å².